The van der Waals surface area contributed by atoms with Crippen molar-refractivity contribution in [2.24, 2.45) is 0 Å². The lowest BCUT2D eigenvalue weighted by atomic mass is 10.2. The predicted molar refractivity (Wildman–Crippen MR) is 98.5 cm³/mol. The molecule has 1 fully saturated rings. The van der Waals surface area contributed by atoms with Gasteiger partial charge in [-0.3, -0.25) is 4.90 Å². The maximum Gasteiger partial charge on any atom is 0.215 e. The number of nitrogens with zero attached hydrogens (tertiary/aromatic N) is 1. The molecule has 0 bridgehead atoms. The van der Waals surface area contributed by atoms with Gasteiger partial charge in [0.15, 0.2) is 0 Å². The Morgan fingerprint density at radius 3 is 2.54 bits per heavy atom. The smallest absolute Gasteiger partial charge is 0.215 e. The van der Waals surface area contributed by atoms with E-state index in [1.807, 2.05) is 18.2 Å². The Hall–Kier alpha value is -1.80. The molecule has 1 atom stereocenters. The van der Waals surface area contributed by atoms with Gasteiger partial charge in [0, 0.05) is 26.2 Å². The molecule has 1 aliphatic rings. The van der Waals surface area contributed by atoms with Crippen molar-refractivity contribution in [3.8, 4) is 0 Å². The van der Waals surface area contributed by atoms with Crippen LogP contribution in [0.4, 0.5) is 4.39 Å². The van der Waals surface area contributed by atoms with Gasteiger partial charge in [-0.25, -0.2) is 17.5 Å². The molecule has 0 saturated carbocycles. The SMILES string of the molecule is O=S(=O)(Cc1ccc(F)cc1)NC[C@H]1CN(Cc2ccccc2)CCO1. The number of ether oxygens (including phenoxy) is 1. The molecule has 2 aromatic carbocycles. The second-order valence-corrected chi connectivity index (χ2v) is 8.25. The summed E-state index contributed by atoms with van der Waals surface area (Å²) in [5.41, 5.74) is 1.78. The van der Waals surface area contributed by atoms with Crippen molar-refractivity contribution in [1.82, 2.24) is 9.62 Å². The third-order valence-corrected chi connectivity index (χ3v) is 5.59. The van der Waals surface area contributed by atoms with Crippen molar-refractivity contribution in [2.75, 3.05) is 26.2 Å². The van der Waals surface area contributed by atoms with Crippen LogP contribution in [0.3, 0.4) is 0 Å². The first kappa shape index (κ1) is 19.0. The fraction of sp³-hybridized carbons (Fsp3) is 0.368. The van der Waals surface area contributed by atoms with Crippen molar-refractivity contribution in [3.05, 3.63) is 71.5 Å². The summed E-state index contributed by atoms with van der Waals surface area (Å²) in [6.07, 6.45) is -0.185. The van der Waals surface area contributed by atoms with Crippen LogP contribution in [0.25, 0.3) is 0 Å². The number of rotatable bonds is 7. The highest BCUT2D eigenvalue weighted by Crippen LogP contribution is 2.11. The monoisotopic (exact) mass is 378 g/mol. The van der Waals surface area contributed by atoms with Gasteiger partial charge in [-0.15, -0.1) is 0 Å². The van der Waals surface area contributed by atoms with Crippen molar-refractivity contribution >= 4 is 10.0 Å². The molecule has 140 valence electrons. The molecule has 7 heteroatoms. The van der Waals surface area contributed by atoms with E-state index in [0.29, 0.717) is 18.7 Å². The van der Waals surface area contributed by atoms with E-state index >= 15 is 0 Å². The van der Waals surface area contributed by atoms with Crippen LogP contribution in [-0.2, 0) is 27.1 Å². The summed E-state index contributed by atoms with van der Waals surface area (Å²) >= 11 is 0. The number of hydrogen-bond acceptors (Lipinski definition) is 4. The predicted octanol–water partition coefficient (Wildman–Crippen LogP) is 2.15. The van der Waals surface area contributed by atoms with Gasteiger partial charge >= 0.3 is 0 Å². The number of benzene rings is 2. The van der Waals surface area contributed by atoms with E-state index in [0.717, 1.165) is 13.1 Å². The summed E-state index contributed by atoms with van der Waals surface area (Å²) in [5.74, 6) is -0.554. The lowest BCUT2D eigenvalue weighted by molar-refractivity contribution is -0.0276. The van der Waals surface area contributed by atoms with E-state index in [2.05, 4.69) is 21.8 Å². The van der Waals surface area contributed by atoms with Gasteiger partial charge in [-0.1, -0.05) is 42.5 Å². The molecule has 0 radical (unpaired) electrons. The van der Waals surface area contributed by atoms with Crippen molar-refractivity contribution in [3.63, 3.8) is 0 Å². The Kier molecular flexibility index (Phi) is 6.37. The molecule has 2 aromatic rings. The second kappa shape index (κ2) is 8.73. The second-order valence-electron chi connectivity index (χ2n) is 6.45. The fourth-order valence-corrected chi connectivity index (χ4v) is 4.13. The molecular formula is C19H23FN2O3S. The van der Waals surface area contributed by atoms with E-state index in [-0.39, 0.29) is 24.2 Å². The van der Waals surface area contributed by atoms with Crippen LogP contribution in [0, 0.1) is 5.82 Å². The molecule has 26 heavy (non-hydrogen) atoms. The van der Waals surface area contributed by atoms with E-state index in [1.165, 1.54) is 29.8 Å². The Labute approximate surface area is 153 Å². The number of morpholine rings is 1. The first-order valence-corrected chi connectivity index (χ1v) is 10.2. The van der Waals surface area contributed by atoms with Crippen LogP contribution in [0.1, 0.15) is 11.1 Å². The minimum absolute atomic E-state index is 0.173. The number of nitrogens with one attached hydrogen (secondary N) is 1. The number of halogens is 1. The summed E-state index contributed by atoms with van der Waals surface area (Å²) in [6, 6.07) is 15.6. The van der Waals surface area contributed by atoms with Gasteiger partial charge in [0.2, 0.25) is 10.0 Å². The van der Waals surface area contributed by atoms with Crippen LogP contribution < -0.4 is 4.72 Å². The van der Waals surface area contributed by atoms with Crippen molar-refractivity contribution < 1.29 is 17.5 Å². The first-order valence-electron chi connectivity index (χ1n) is 8.60. The zero-order valence-electron chi connectivity index (χ0n) is 14.5. The van der Waals surface area contributed by atoms with Crippen molar-refractivity contribution in [1.29, 1.82) is 0 Å². The largest absolute Gasteiger partial charge is 0.374 e. The third-order valence-electron chi connectivity index (χ3n) is 4.27. The maximum absolute atomic E-state index is 12.9. The van der Waals surface area contributed by atoms with Gasteiger partial charge in [-0.05, 0) is 23.3 Å². The molecular weight excluding hydrogens is 355 g/mol. The lowest BCUT2D eigenvalue weighted by Crippen LogP contribution is -2.47. The van der Waals surface area contributed by atoms with Crippen LogP contribution in [0.15, 0.2) is 54.6 Å². The molecule has 1 saturated heterocycles. The molecule has 3 rings (SSSR count). The Balaban J connectivity index is 1.49. The van der Waals surface area contributed by atoms with Crippen LogP contribution in [-0.4, -0.2) is 45.7 Å². The van der Waals surface area contributed by atoms with E-state index in [9.17, 15) is 12.8 Å². The molecule has 0 aliphatic carbocycles. The fourth-order valence-electron chi connectivity index (χ4n) is 2.96. The average molecular weight is 378 g/mol. The molecule has 1 N–H and O–H groups in total. The molecule has 1 heterocycles. The van der Waals surface area contributed by atoms with E-state index in [1.54, 1.807) is 0 Å². The Morgan fingerprint density at radius 2 is 1.81 bits per heavy atom. The van der Waals surface area contributed by atoms with E-state index < -0.39 is 10.0 Å². The molecule has 1 aliphatic heterocycles. The first-order chi connectivity index (χ1) is 12.5. The summed E-state index contributed by atoms with van der Waals surface area (Å²) in [6.45, 7) is 3.14. The van der Waals surface area contributed by atoms with Crippen LogP contribution in [0.2, 0.25) is 0 Å². The van der Waals surface area contributed by atoms with Gasteiger partial charge < -0.3 is 4.74 Å². The minimum Gasteiger partial charge on any atom is -0.374 e. The topological polar surface area (TPSA) is 58.6 Å². The minimum atomic E-state index is -3.49. The summed E-state index contributed by atoms with van der Waals surface area (Å²) in [7, 11) is -3.49. The van der Waals surface area contributed by atoms with Gasteiger partial charge in [0.05, 0.1) is 18.5 Å². The average Bonchev–Trinajstić information content (AvgIpc) is 2.63. The summed E-state index contributed by atoms with van der Waals surface area (Å²) < 4.78 is 45.7. The molecule has 0 amide bonds. The lowest BCUT2D eigenvalue weighted by Gasteiger charge is -2.33. The number of hydrogen-bond donors (Lipinski definition) is 1. The highest BCUT2D eigenvalue weighted by Gasteiger charge is 2.22. The van der Waals surface area contributed by atoms with Crippen LogP contribution in [0.5, 0.6) is 0 Å². The molecule has 5 nitrogen and oxygen atoms in total. The van der Waals surface area contributed by atoms with Gasteiger partial charge in [0.1, 0.15) is 5.82 Å². The quantitative estimate of drug-likeness (QED) is 0.802. The zero-order valence-corrected chi connectivity index (χ0v) is 15.3. The Morgan fingerprint density at radius 1 is 1.08 bits per heavy atom. The summed E-state index contributed by atoms with van der Waals surface area (Å²) in [5, 5.41) is 0. The molecule has 0 spiro atoms. The highest BCUT2D eigenvalue weighted by atomic mass is 32.2. The maximum atomic E-state index is 12.9. The van der Waals surface area contributed by atoms with Gasteiger partial charge in [-0.2, -0.15) is 0 Å². The highest BCUT2D eigenvalue weighted by molar-refractivity contribution is 7.88. The number of sulfonamides is 1. The Bertz CT molecular complexity index is 797. The summed E-state index contributed by atoms with van der Waals surface area (Å²) in [4.78, 5) is 2.26. The normalized spacial score (nSPS) is 18.7. The molecule has 0 aromatic heterocycles. The zero-order chi connectivity index (χ0) is 18.4. The van der Waals surface area contributed by atoms with Crippen molar-refractivity contribution in [2.45, 2.75) is 18.4 Å². The standard InChI is InChI=1S/C19H23FN2O3S/c20-18-8-6-17(7-9-18)15-26(23,24)21-12-19-14-22(10-11-25-19)13-16-4-2-1-3-5-16/h1-9,19,21H,10-15H2/t19-/m0/s1. The van der Waals surface area contributed by atoms with Crippen LogP contribution >= 0.6 is 0 Å². The van der Waals surface area contributed by atoms with E-state index in [4.69, 9.17) is 4.74 Å². The molecule has 0 unspecified atom stereocenters. The third kappa shape index (κ3) is 5.88. The van der Waals surface area contributed by atoms with Gasteiger partial charge in [0.25, 0.3) is 0 Å².